The van der Waals surface area contributed by atoms with Gasteiger partial charge in [0.25, 0.3) is 5.56 Å². The summed E-state index contributed by atoms with van der Waals surface area (Å²) in [4.78, 5) is 23.7. The predicted molar refractivity (Wildman–Crippen MR) is 102 cm³/mol. The van der Waals surface area contributed by atoms with Crippen molar-refractivity contribution in [1.82, 2.24) is 29.5 Å². The van der Waals surface area contributed by atoms with Crippen molar-refractivity contribution in [3.63, 3.8) is 0 Å². The monoisotopic (exact) mass is 365 g/mol. The first-order chi connectivity index (χ1) is 13.2. The molecule has 0 bridgehead atoms. The molecule has 0 N–H and O–H groups in total. The van der Waals surface area contributed by atoms with E-state index in [0.717, 1.165) is 67.5 Å². The van der Waals surface area contributed by atoms with Gasteiger partial charge in [-0.05, 0) is 44.1 Å². The van der Waals surface area contributed by atoms with Crippen molar-refractivity contribution >= 4 is 16.9 Å². The quantitative estimate of drug-likeness (QED) is 0.699. The largest absolute Gasteiger partial charge is 0.351 e. The summed E-state index contributed by atoms with van der Waals surface area (Å²) < 4.78 is 3.43. The van der Waals surface area contributed by atoms with Crippen molar-refractivity contribution in [2.24, 2.45) is 7.05 Å². The second kappa shape index (κ2) is 6.44. The predicted octanol–water partition coefficient (Wildman–Crippen LogP) is 1.47. The van der Waals surface area contributed by atoms with Crippen LogP contribution in [0.2, 0.25) is 0 Å². The van der Waals surface area contributed by atoms with Gasteiger partial charge < -0.3 is 4.90 Å². The Balaban J connectivity index is 1.47. The molecule has 1 atom stereocenters. The molecule has 5 rings (SSSR count). The standard InChI is InChI=1S/C19H23N7O/c1-24-11-15-18(23-24)20-12-21-19(15)25-8-4-6-14(25)10-26-17(27)9-13-5-2-3-7-16(13)22-26/h9,11-12,14H,2-8,10H2,1H3. The lowest BCUT2D eigenvalue weighted by Crippen LogP contribution is -2.38. The number of fused-ring (bicyclic) bond motifs is 2. The zero-order valence-corrected chi connectivity index (χ0v) is 15.5. The smallest absolute Gasteiger partial charge is 0.267 e. The molecule has 0 spiro atoms. The minimum Gasteiger partial charge on any atom is -0.351 e. The molecular formula is C19H23N7O. The van der Waals surface area contributed by atoms with Crippen LogP contribution in [0.5, 0.6) is 0 Å². The normalized spacial score (nSPS) is 19.6. The first kappa shape index (κ1) is 16.4. The topological polar surface area (TPSA) is 81.7 Å². The van der Waals surface area contributed by atoms with Gasteiger partial charge in [0.1, 0.15) is 12.1 Å². The molecule has 0 aromatic carbocycles. The van der Waals surface area contributed by atoms with E-state index in [2.05, 4.69) is 20.0 Å². The second-order valence-electron chi connectivity index (χ2n) is 7.57. The van der Waals surface area contributed by atoms with Crippen LogP contribution in [-0.2, 0) is 26.4 Å². The van der Waals surface area contributed by atoms with Gasteiger partial charge in [0, 0.05) is 25.9 Å². The molecule has 8 heteroatoms. The molecule has 4 heterocycles. The average Bonchev–Trinajstić information content (AvgIpc) is 3.27. The fourth-order valence-electron chi connectivity index (χ4n) is 4.40. The van der Waals surface area contributed by atoms with E-state index >= 15 is 0 Å². The number of rotatable bonds is 3. The van der Waals surface area contributed by atoms with E-state index in [1.54, 1.807) is 21.8 Å². The van der Waals surface area contributed by atoms with E-state index in [4.69, 9.17) is 5.10 Å². The summed E-state index contributed by atoms with van der Waals surface area (Å²) in [5.74, 6) is 0.904. The van der Waals surface area contributed by atoms with Crippen molar-refractivity contribution in [2.75, 3.05) is 11.4 Å². The highest BCUT2D eigenvalue weighted by Crippen LogP contribution is 2.29. The number of hydrogen-bond acceptors (Lipinski definition) is 6. The van der Waals surface area contributed by atoms with Crippen LogP contribution in [0.4, 0.5) is 5.82 Å². The van der Waals surface area contributed by atoms with Gasteiger partial charge in [-0.15, -0.1) is 0 Å². The van der Waals surface area contributed by atoms with Crippen LogP contribution in [0.15, 0.2) is 23.4 Å². The van der Waals surface area contributed by atoms with Gasteiger partial charge in [-0.3, -0.25) is 9.48 Å². The number of hydrogen-bond donors (Lipinski definition) is 0. The molecule has 27 heavy (non-hydrogen) atoms. The molecule has 1 aliphatic heterocycles. The molecule has 3 aromatic heterocycles. The van der Waals surface area contributed by atoms with Crippen molar-refractivity contribution in [3.05, 3.63) is 40.2 Å². The molecule has 1 unspecified atom stereocenters. The Hall–Kier alpha value is -2.77. The van der Waals surface area contributed by atoms with Gasteiger partial charge in [0.2, 0.25) is 0 Å². The maximum Gasteiger partial charge on any atom is 0.267 e. The fraction of sp³-hybridized carbons (Fsp3) is 0.526. The molecule has 1 aliphatic carbocycles. The molecule has 8 nitrogen and oxygen atoms in total. The van der Waals surface area contributed by atoms with Gasteiger partial charge in [-0.1, -0.05) is 0 Å². The number of aryl methyl sites for hydroxylation is 3. The summed E-state index contributed by atoms with van der Waals surface area (Å²) >= 11 is 0. The molecule has 3 aromatic rings. The summed E-state index contributed by atoms with van der Waals surface area (Å²) in [6.07, 6.45) is 9.91. The molecule has 2 aliphatic rings. The van der Waals surface area contributed by atoms with Crippen LogP contribution in [0, 0.1) is 0 Å². The van der Waals surface area contributed by atoms with E-state index in [1.165, 1.54) is 0 Å². The van der Waals surface area contributed by atoms with E-state index < -0.39 is 0 Å². The Morgan fingerprint density at radius 3 is 2.96 bits per heavy atom. The minimum atomic E-state index is 0.0108. The molecular weight excluding hydrogens is 342 g/mol. The summed E-state index contributed by atoms with van der Waals surface area (Å²) in [7, 11) is 1.89. The van der Waals surface area contributed by atoms with Crippen molar-refractivity contribution < 1.29 is 0 Å². The van der Waals surface area contributed by atoms with E-state index in [0.29, 0.717) is 12.2 Å². The number of anilines is 1. The minimum absolute atomic E-state index is 0.0108. The van der Waals surface area contributed by atoms with E-state index in [1.807, 2.05) is 13.2 Å². The third kappa shape index (κ3) is 2.89. The molecule has 140 valence electrons. The van der Waals surface area contributed by atoms with Crippen molar-refractivity contribution in [3.8, 4) is 0 Å². The second-order valence-corrected chi connectivity index (χ2v) is 7.57. The third-order valence-electron chi connectivity index (χ3n) is 5.72. The van der Waals surface area contributed by atoms with Gasteiger partial charge in [0.15, 0.2) is 5.65 Å². The highest BCUT2D eigenvalue weighted by molar-refractivity contribution is 5.86. The first-order valence-electron chi connectivity index (χ1n) is 9.70. The highest BCUT2D eigenvalue weighted by Gasteiger charge is 2.29. The van der Waals surface area contributed by atoms with Crippen LogP contribution in [0.1, 0.15) is 36.9 Å². The Bertz CT molecular complexity index is 1050. The zero-order chi connectivity index (χ0) is 18.4. The summed E-state index contributed by atoms with van der Waals surface area (Å²) in [5, 5.41) is 10.0. The summed E-state index contributed by atoms with van der Waals surface area (Å²) in [5.41, 5.74) is 2.95. The van der Waals surface area contributed by atoms with Gasteiger partial charge in [0.05, 0.1) is 23.7 Å². The Morgan fingerprint density at radius 2 is 2.04 bits per heavy atom. The van der Waals surface area contributed by atoms with Crippen molar-refractivity contribution in [2.45, 2.75) is 51.1 Å². The van der Waals surface area contributed by atoms with Crippen molar-refractivity contribution in [1.29, 1.82) is 0 Å². The van der Waals surface area contributed by atoms with Crippen LogP contribution in [0.3, 0.4) is 0 Å². The fourth-order valence-corrected chi connectivity index (χ4v) is 4.40. The van der Waals surface area contributed by atoms with Gasteiger partial charge >= 0.3 is 0 Å². The molecule has 0 radical (unpaired) electrons. The lowest BCUT2D eigenvalue weighted by atomic mass is 9.97. The maximum absolute atomic E-state index is 12.6. The van der Waals surface area contributed by atoms with Gasteiger partial charge in [-0.25, -0.2) is 14.6 Å². The Labute approximate surface area is 156 Å². The third-order valence-corrected chi connectivity index (χ3v) is 5.72. The lowest BCUT2D eigenvalue weighted by Gasteiger charge is -2.26. The maximum atomic E-state index is 12.6. The van der Waals surface area contributed by atoms with Crippen LogP contribution < -0.4 is 10.5 Å². The van der Waals surface area contributed by atoms with Gasteiger partial charge in [-0.2, -0.15) is 10.2 Å². The van der Waals surface area contributed by atoms with E-state index in [9.17, 15) is 4.79 Å². The number of nitrogens with zero attached hydrogens (tertiary/aromatic N) is 7. The van der Waals surface area contributed by atoms with Crippen LogP contribution in [-0.4, -0.2) is 42.1 Å². The Morgan fingerprint density at radius 1 is 1.15 bits per heavy atom. The van der Waals surface area contributed by atoms with Crippen LogP contribution in [0.25, 0.3) is 11.0 Å². The highest BCUT2D eigenvalue weighted by atomic mass is 16.1. The number of aromatic nitrogens is 6. The molecule has 1 fully saturated rings. The lowest BCUT2D eigenvalue weighted by molar-refractivity contribution is 0.472. The SMILES string of the molecule is Cn1cc2c(N3CCCC3Cn3nc4c(cc3=O)CCCC4)ncnc2n1. The zero-order valence-electron chi connectivity index (χ0n) is 15.5. The Kier molecular flexibility index (Phi) is 3.91. The molecule has 1 saturated heterocycles. The first-order valence-corrected chi connectivity index (χ1v) is 9.70. The molecule has 0 amide bonds. The van der Waals surface area contributed by atoms with Crippen LogP contribution >= 0.6 is 0 Å². The van der Waals surface area contributed by atoms with E-state index in [-0.39, 0.29) is 11.6 Å². The molecule has 0 saturated carbocycles. The summed E-state index contributed by atoms with van der Waals surface area (Å²) in [6.45, 7) is 1.52. The summed E-state index contributed by atoms with van der Waals surface area (Å²) in [6, 6.07) is 2.00. The average molecular weight is 365 g/mol.